The third-order valence-electron chi connectivity index (χ3n) is 15.4. The van der Waals surface area contributed by atoms with E-state index in [0.717, 1.165) is 0 Å². The zero-order valence-electron chi connectivity index (χ0n) is 49.1. The molecule has 0 aromatic carbocycles. The molecule has 3 unspecified atom stereocenters. The van der Waals surface area contributed by atoms with Gasteiger partial charge in [0.15, 0.2) is 31.5 Å². The minimum absolute atomic E-state index is 0.440. The largest absolute Gasteiger partial charge is 0.481 e. The second-order valence-corrected chi connectivity index (χ2v) is 26.5. The van der Waals surface area contributed by atoms with Gasteiger partial charge in [-0.1, -0.05) is 0 Å². The van der Waals surface area contributed by atoms with Gasteiger partial charge in [-0.2, -0.15) is 4.31 Å². The van der Waals surface area contributed by atoms with E-state index in [2.05, 4.69) is 8.83 Å². The molecule has 36 atom stereocenters. The lowest BCUT2D eigenvalue weighted by atomic mass is 9.91. The molecule has 95 heavy (non-hydrogen) atoms. The predicted molar refractivity (Wildman–Crippen MR) is 287 cm³/mol. The lowest BCUT2D eigenvalue weighted by Crippen LogP contribution is -2.71. The molecule has 0 radical (unpaired) electrons. The number of aliphatic carboxylic acids is 1. The van der Waals surface area contributed by atoms with Crippen molar-refractivity contribution in [3.63, 3.8) is 0 Å². The molecule has 6 aliphatic heterocycles. The van der Waals surface area contributed by atoms with Gasteiger partial charge in [-0.25, -0.2) is 18.5 Å². The fourth-order valence-electron chi connectivity index (χ4n) is 10.6. The minimum Gasteiger partial charge on any atom is -0.477 e. The monoisotopic (exact) mass is 1460 g/mol. The highest BCUT2D eigenvalue weighted by Gasteiger charge is 2.63. The summed E-state index contributed by atoms with van der Waals surface area (Å²) in [6.07, 6.45) is -81.1. The van der Waals surface area contributed by atoms with E-state index in [0.29, 0.717) is 0 Å². The third-order valence-corrected chi connectivity index (χ3v) is 19.2. The summed E-state index contributed by atoms with van der Waals surface area (Å²) in [5.74, 6) is -6.06. The van der Waals surface area contributed by atoms with Gasteiger partial charge in [-0.3, -0.25) is 18.1 Å². The highest BCUT2D eigenvalue weighted by atomic mass is 31.3. The standard InChI is InChI=1S/C45H83N2O45P3/c46-1-3-77-93(71,72)91-18(11-53)33-23(61)24(62)37(87-41-28(66)35(27(65)30(81-41)12(54)6-48)85-39-25(63)21(59)19(57)16(9-51)79-39)43(83-33)86-36-29(67)42(82-31(13(55)7-49)38(36)88-40-26(64)22(60)20(58)17(10-52)80-40)84-34-15(90-95(75,76)92-94(73,74)78-4-2-47)5-45(70,44(68)69)89-32(34)14(56)8-50/h12-43,48-67,70H,1-11,46-47H2,(H,68,69)(H,71,72)(H,73,74)(H,75,76)/t12-,13-,14+,15+,16+,17+,18-,19-,20+,21-,22-,23-,24-,25+,26+,27+,28-,29-,30+,31+,32+,33+,34+,35-,36+,37-,38+,39-,40-,41+,42+,43+,45+/m0/s1. The van der Waals surface area contributed by atoms with Gasteiger partial charge in [-0.15, -0.1) is 0 Å². The van der Waals surface area contributed by atoms with Gasteiger partial charge >= 0.3 is 29.4 Å². The van der Waals surface area contributed by atoms with Crippen LogP contribution in [0.3, 0.4) is 0 Å². The van der Waals surface area contributed by atoms with Crippen LogP contribution < -0.4 is 11.5 Å². The van der Waals surface area contributed by atoms with Gasteiger partial charge in [0.1, 0.15) is 165 Å². The molecule has 6 fully saturated rings. The molecule has 0 aliphatic carbocycles. The van der Waals surface area contributed by atoms with Gasteiger partial charge in [0.25, 0.3) is 5.79 Å². The second kappa shape index (κ2) is 35.1. The van der Waals surface area contributed by atoms with Crippen LogP contribution in [0.15, 0.2) is 0 Å². The Labute approximate surface area is 534 Å². The van der Waals surface area contributed by atoms with Crippen LogP contribution in [0.4, 0.5) is 0 Å². The summed E-state index contributed by atoms with van der Waals surface area (Å²) in [5, 5.41) is 241. The van der Waals surface area contributed by atoms with E-state index >= 15 is 0 Å². The minimum atomic E-state index is -6.27. The summed E-state index contributed by atoms with van der Waals surface area (Å²) in [6, 6.07) is 0. The highest BCUT2D eigenvalue weighted by molar-refractivity contribution is 7.61. The molecule has 0 spiro atoms. The molecule has 0 aromatic heterocycles. The Morgan fingerprint density at radius 3 is 1.39 bits per heavy atom. The number of ether oxygens (including phenoxy) is 11. The maximum Gasteiger partial charge on any atom is 0.481 e. The predicted octanol–water partition coefficient (Wildman–Crippen LogP) is -15.9. The quantitative estimate of drug-likeness (QED) is 0.0271. The number of carboxylic acid groups (broad SMARTS) is 1. The lowest BCUT2D eigenvalue weighted by molar-refractivity contribution is -0.416. The fourth-order valence-corrected chi connectivity index (χ4v) is 13.8. The maximum atomic E-state index is 13.5. The summed E-state index contributed by atoms with van der Waals surface area (Å²) < 4.78 is 126. The number of aliphatic hydroxyl groups is 21. The molecule has 0 aromatic rings. The number of hydrogen-bond acceptors (Lipinski definition) is 43. The SMILES string of the molecule is NCCOP(=O)(O)O[C@@H](CO)[C@H]1O[C@H](O[C@@H]2[C@H](O)[C@@H](O[C@H]3[C@@H]([C@H](O)CO)O[C@@](O)(C(=O)O)C[C@H]3OP(=O)(O)OP(=O)(O)OCCN)O[C@H]([C@@H](O)CO)[C@H]2O[C@@H]2O[C@H](CO)[C@@H](O)[C@H](O)[C@H]2O)[C@@H](O[C@H]2O[C@H]([C@@H](O)CO)[C@@H](O)[C@H](O[C@@H]3O[C@H](CO)[C@H](O)[C@H](O)[C@H]3O)[C@@H]2O)[C@@H](O)[C@@H]1O. The van der Waals surface area contributed by atoms with E-state index in [4.69, 9.17) is 77.1 Å². The first-order valence-corrected chi connectivity index (χ1v) is 33.0. The number of nitrogens with two attached hydrogens (primary N) is 2. The molecule has 50 heteroatoms. The van der Waals surface area contributed by atoms with Crippen molar-refractivity contribution in [3.8, 4) is 0 Å². The van der Waals surface area contributed by atoms with Crippen molar-refractivity contribution in [2.75, 3.05) is 65.9 Å². The van der Waals surface area contributed by atoms with Crippen LogP contribution in [-0.2, 0) is 93.0 Å². The Morgan fingerprint density at radius 2 is 0.895 bits per heavy atom. The number of aliphatic hydroxyl groups excluding tert-OH is 20. The fraction of sp³-hybridized carbons (Fsp3) is 0.978. The molecule has 0 saturated carbocycles. The van der Waals surface area contributed by atoms with Crippen molar-refractivity contribution in [1.82, 2.24) is 0 Å². The number of hydrogen-bond donors (Lipinski definition) is 27. The van der Waals surface area contributed by atoms with Crippen LogP contribution in [0.1, 0.15) is 6.42 Å². The summed E-state index contributed by atoms with van der Waals surface area (Å²) >= 11 is 0. The van der Waals surface area contributed by atoms with Crippen LogP contribution in [0, 0.1) is 0 Å². The van der Waals surface area contributed by atoms with E-state index in [9.17, 15) is 146 Å². The van der Waals surface area contributed by atoms with E-state index in [1.165, 1.54) is 0 Å². The Hall–Kier alpha value is -1.52. The first-order valence-electron chi connectivity index (χ1n) is 28.6. The van der Waals surface area contributed by atoms with Crippen LogP contribution >= 0.6 is 23.5 Å². The molecular weight excluding hydrogens is 1380 g/mol. The van der Waals surface area contributed by atoms with E-state index < -0.39 is 304 Å². The molecular formula is C45H83N2O45P3. The van der Waals surface area contributed by atoms with Gasteiger partial charge in [-0.05, 0) is 0 Å². The second-order valence-electron chi connectivity index (χ2n) is 22.1. The summed E-state index contributed by atoms with van der Waals surface area (Å²) in [5.41, 5.74) is 10.6. The summed E-state index contributed by atoms with van der Waals surface area (Å²) in [4.78, 5) is 44.2. The van der Waals surface area contributed by atoms with Crippen molar-refractivity contribution < 1.29 is 220 Å². The lowest BCUT2D eigenvalue weighted by Gasteiger charge is -2.52. The van der Waals surface area contributed by atoms with Gasteiger partial charge in [0.2, 0.25) is 0 Å². The normalized spacial score (nSPS) is 44.6. The Balaban J connectivity index is 1.54. The van der Waals surface area contributed by atoms with Crippen LogP contribution in [0.2, 0.25) is 0 Å². The van der Waals surface area contributed by atoms with Gasteiger partial charge in [0.05, 0.1) is 52.9 Å². The molecule has 29 N–H and O–H groups in total. The smallest absolute Gasteiger partial charge is 0.477 e. The van der Waals surface area contributed by atoms with Crippen molar-refractivity contribution >= 4 is 29.4 Å². The van der Waals surface area contributed by atoms with Crippen LogP contribution in [0.25, 0.3) is 0 Å². The molecule has 0 amide bonds. The van der Waals surface area contributed by atoms with E-state index in [1.807, 2.05) is 0 Å². The van der Waals surface area contributed by atoms with Crippen LogP contribution in [-0.4, -0.2) is 401 Å². The molecule has 6 rings (SSSR count). The average Bonchev–Trinajstić information content (AvgIpc) is 0.761. The Bertz CT molecular complexity index is 2530. The third kappa shape index (κ3) is 19.6. The van der Waals surface area contributed by atoms with Gasteiger partial charge < -0.3 is 191 Å². The van der Waals surface area contributed by atoms with E-state index in [1.54, 1.807) is 0 Å². The zero-order chi connectivity index (χ0) is 71.1. The number of phosphoric acid groups is 3. The molecule has 47 nitrogen and oxygen atoms in total. The van der Waals surface area contributed by atoms with E-state index in [-0.39, 0.29) is 0 Å². The van der Waals surface area contributed by atoms with Crippen molar-refractivity contribution in [2.45, 2.75) is 208 Å². The maximum absolute atomic E-state index is 13.5. The Morgan fingerprint density at radius 1 is 0.463 bits per heavy atom. The van der Waals surface area contributed by atoms with Gasteiger partial charge in [0, 0.05) is 19.5 Å². The molecule has 6 aliphatic rings. The summed E-state index contributed by atoms with van der Waals surface area (Å²) in [6.45, 7) is -10.6. The highest BCUT2D eigenvalue weighted by Crippen LogP contribution is 2.62. The van der Waals surface area contributed by atoms with Crippen molar-refractivity contribution in [2.24, 2.45) is 11.5 Å². The Kier molecular flexibility index (Phi) is 30.5. The van der Waals surface area contributed by atoms with Crippen molar-refractivity contribution in [3.05, 3.63) is 0 Å². The molecule has 6 saturated heterocycles. The zero-order valence-corrected chi connectivity index (χ0v) is 51.8. The average molecular weight is 1470 g/mol. The number of rotatable bonds is 33. The summed E-state index contributed by atoms with van der Waals surface area (Å²) in [7, 11) is -17.4. The first-order chi connectivity index (χ1) is 44.4. The molecule has 558 valence electrons. The van der Waals surface area contributed by atoms with Crippen molar-refractivity contribution in [1.29, 1.82) is 0 Å². The molecule has 6 heterocycles. The molecule has 0 bridgehead atoms. The number of carbonyl (C=O) groups is 1. The first kappa shape index (κ1) is 82.4. The topological polar surface area (TPSA) is 774 Å². The number of carboxylic acids is 1. The number of phosphoric ester groups is 3. The van der Waals surface area contributed by atoms with Crippen LogP contribution in [0.5, 0.6) is 0 Å².